The number of carbonyl (C=O) groups excluding carboxylic acids is 2. The monoisotopic (exact) mass is 356 g/mol. The fourth-order valence-electron chi connectivity index (χ4n) is 2.87. The number of piperidine rings is 1. The SMILES string of the molecule is CC(=O)N1CCC(C(=O)N(CCCCl)c2ccc(Cl)cc2)CC1. The Morgan fingerprint density at radius 2 is 1.83 bits per heavy atom. The lowest BCUT2D eigenvalue weighted by Gasteiger charge is -2.34. The standard InChI is InChI=1S/C17H22Cl2N2O2/c1-13(22)20-11-7-14(8-12-20)17(23)21(10-2-9-18)16-5-3-15(19)4-6-16/h3-6,14H,2,7-12H2,1H3. The minimum absolute atomic E-state index is 0.0448. The van der Waals surface area contributed by atoms with E-state index in [-0.39, 0.29) is 17.7 Å². The zero-order valence-corrected chi connectivity index (χ0v) is 14.8. The van der Waals surface area contributed by atoms with Gasteiger partial charge in [0.2, 0.25) is 11.8 Å². The van der Waals surface area contributed by atoms with Crippen molar-refractivity contribution in [1.82, 2.24) is 4.90 Å². The van der Waals surface area contributed by atoms with Crippen LogP contribution in [-0.4, -0.2) is 42.2 Å². The maximum Gasteiger partial charge on any atom is 0.230 e. The summed E-state index contributed by atoms with van der Waals surface area (Å²) >= 11 is 11.7. The predicted octanol–water partition coefficient (Wildman–Crippen LogP) is 3.56. The molecule has 1 fully saturated rings. The van der Waals surface area contributed by atoms with Crippen molar-refractivity contribution < 1.29 is 9.59 Å². The smallest absolute Gasteiger partial charge is 0.230 e. The van der Waals surface area contributed by atoms with E-state index < -0.39 is 0 Å². The lowest BCUT2D eigenvalue weighted by molar-refractivity contribution is -0.133. The summed E-state index contributed by atoms with van der Waals surface area (Å²) in [6.45, 7) is 3.46. The molecule has 2 amide bonds. The van der Waals surface area contributed by atoms with E-state index in [1.807, 2.05) is 12.1 Å². The minimum Gasteiger partial charge on any atom is -0.343 e. The number of halogens is 2. The molecule has 1 aliphatic heterocycles. The largest absolute Gasteiger partial charge is 0.343 e. The second-order valence-corrected chi connectivity index (χ2v) is 6.60. The summed E-state index contributed by atoms with van der Waals surface area (Å²) in [5.74, 6) is 0.657. The molecule has 0 spiro atoms. The highest BCUT2D eigenvalue weighted by molar-refractivity contribution is 6.30. The van der Waals surface area contributed by atoms with Crippen LogP contribution in [0.2, 0.25) is 5.02 Å². The molecule has 23 heavy (non-hydrogen) atoms. The average Bonchev–Trinajstić information content (AvgIpc) is 2.56. The molecular formula is C17H22Cl2N2O2. The highest BCUT2D eigenvalue weighted by Crippen LogP contribution is 2.25. The summed E-state index contributed by atoms with van der Waals surface area (Å²) in [7, 11) is 0. The number of benzene rings is 1. The first kappa shape index (κ1) is 18.1. The predicted molar refractivity (Wildman–Crippen MR) is 94.1 cm³/mol. The Balaban J connectivity index is 2.08. The normalized spacial score (nSPS) is 15.5. The van der Waals surface area contributed by atoms with Gasteiger partial charge in [-0.25, -0.2) is 0 Å². The molecule has 0 aliphatic carbocycles. The molecule has 0 saturated carbocycles. The minimum atomic E-state index is -0.0448. The van der Waals surface area contributed by atoms with Gasteiger partial charge in [-0.15, -0.1) is 11.6 Å². The van der Waals surface area contributed by atoms with Crippen LogP contribution in [-0.2, 0) is 9.59 Å². The second-order valence-electron chi connectivity index (χ2n) is 5.79. The van der Waals surface area contributed by atoms with Gasteiger partial charge in [-0.2, -0.15) is 0 Å². The summed E-state index contributed by atoms with van der Waals surface area (Å²) in [4.78, 5) is 27.9. The van der Waals surface area contributed by atoms with Gasteiger partial charge < -0.3 is 9.80 Å². The van der Waals surface area contributed by atoms with Gasteiger partial charge in [0.1, 0.15) is 0 Å². The Hall–Kier alpha value is -1.26. The lowest BCUT2D eigenvalue weighted by Crippen LogP contribution is -2.44. The molecule has 6 heteroatoms. The first-order chi connectivity index (χ1) is 11.0. The molecule has 0 bridgehead atoms. The summed E-state index contributed by atoms with van der Waals surface area (Å²) in [6, 6.07) is 7.30. The molecule has 4 nitrogen and oxygen atoms in total. The van der Waals surface area contributed by atoms with Crippen molar-refractivity contribution in [2.75, 3.05) is 30.4 Å². The topological polar surface area (TPSA) is 40.6 Å². The Morgan fingerprint density at radius 3 is 2.35 bits per heavy atom. The quantitative estimate of drug-likeness (QED) is 0.756. The molecule has 1 saturated heterocycles. The molecule has 0 N–H and O–H groups in total. The van der Waals surface area contributed by atoms with Gasteiger partial charge in [-0.1, -0.05) is 11.6 Å². The van der Waals surface area contributed by atoms with Crippen LogP contribution in [0.3, 0.4) is 0 Å². The number of likely N-dealkylation sites (tertiary alicyclic amines) is 1. The highest BCUT2D eigenvalue weighted by Gasteiger charge is 2.29. The number of nitrogens with zero attached hydrogens (tertiary/aromatic N) is 2. The van der Waals surface area contributed by atoms with E-state index in [0.29, 0.717) is 43.4 Å². The van der Waals surface area contributed by atoms with Gasteiger partial charge in [0, 0.05) is 49.1 Å². The van der Waals surface area contributed by atoms with Gasteiger partial charge in [-0.05, 0) is 43.5 Å². The molecule has 126 valence electrons. The molecule has 0 atom stereocenters. The van der Waals surface area contributed by atoms with E-state index in [4.69, 9.17) is 23.2 Å². The van der Waals surface area contributed by atoms with E-state index >= 15 is 0 Å². The molecule has 2 rings (SSSR count). The third-order valence-corrected chi connectivity index (χ3v) is 4.73. The number of alkyl halides is 1. The van der Waals surface area contributed by atoms with Gasteiger partial charge in [0.05, 0.1) is 0 Å². The number of amides is 2. The summed E-state index contributed by atoms with van der Waals surface area (Å²) < 4.78 is 0. The van der Waals surface area contributed by atoms with Crippen molar-refractivity contribution in [1.29, 1.82) is 0 Å². The van der Waals surface area contributed by atoms with Crippen molar-refractivity contribution >= 4 is 40.7 Å². The van der Waals surface area contributed by atoms with E-state index in [1.54, 1.807) is 28.9 Å². The van der Waals surface area contributed by atoms with Crippen molar-refractivity contribution in [3.8, 4) is 0 Å². The molecular weight excluding hydrogens is 335 g/mol. The van der Waals surface area contributed by atoms with E-state index in [9.17, 15) is 9.59 Å². The molecule has 0 unspecified atom stereocenters. The van der Waals surface area contributed by atoms with Crippen LogP contribution in [0.1, 0.15) is 26.2 Å². The first-order valence-corrected chi connectivity index (χ1v) is 8.82. The molecule has 1 aromatic rings. The maximum absolute atomic E-state index is 12.9. The third-order valence-electron chi connectivity index (χ3n) is 4.21. The Kier molecular flexibility index (Phi) is 6.72. The lowest BCUT2D eigenvalue weighted by atomic mass is 9.95. The van der Waals surface area contributed by atoms with Crippen LogP contribution >= 0.6 is 23.2 Å². The fraction of sp³-hybridized carbons (Fsp3) is 0.529. The molecule has 1 aromatic carbocycles. The van der Waals surface area contributed by atoms with Crippen LogP contribution in [0, 0.1) is 5.92 Å². The zero-order chi connectivity index (χ0) is 16.8. The second kappa shape index (κ2) is 8.55. The number of carbonyl (C=O) groups is 2. The van der Waals surface area contributed by atoms with Crippen LogP contribution in [0.15, 0.2) is 24.3 Å². The van der Waals surface area contributed by atoms with Crippen molar-refractivity contribution in [2.45, 2.75) is 26.2 Å². The van der Waals surface area contributed by atoms with Crippen molar-refractivity contribution in [2.24, 2.45) is 5.92 Å². The molecule has 0 radical (unpaired) electrons. The van der Waals surface area contributed by atoms with E-state index in [0.717, 1.165) is 12.1 Å². The van der Waals surface area contributed by atoms with Gasteiger partial charge in [0.25, 0.3) is 0 Å². The molecule has 1 heterocycles. The number of anilines is 1. The van der Waals surface area contributed by atoms with E-state index in [1.165, 1.54) is 0 Å². The van der Waals surface area contributed by atoms with Crippen LogP contribution in [0.25, 0.3) is 0 Å². The third kappa shape index (κ3) is 4.85. The van der Waals surface area contributed by atoms with Gasteiger partial charge in [-0.3, -0.25) is 9.59 Å². The number of rotatable bonds is 5. The van der Waals surface area contributed by atoms with E-state index in [2.05, 4.69) is 0 Å². The molecule has 1 aliphatic rings. The summed E-state index contributed by atoms with van der Waals surface area (Å²) in [5, 5.41) is 0.647. The van der Waals surface area contributed by atoms with Crippen molar-refractivity contribution in [3.63, 3.8) is 0 Å². The van der Waals surface area contributed by atoms with Crippen LogP contribution < -0.4 is 4.90 Å². The van der Waals surface area contributed by atoms with Crippen molar-refractivity contribution in [3.05, 3.63) is 29.3 Å². The fourth-order valence-corrected chi connectivity index (χ4v) is 3.11. The average molecular weight is 357 g/mol. The van der Waals surface area contributed by atoms with Crippen LogP contribution in [0.4, 0.5) is 5.69 Å². The molecule has 0 aromatic heterocycles. The summed E-state index contributed by atoms with van der Waals surface area (Å²) in [6.07, 6.45) is 2.16. The Bertz CT molecular complexity index is 540. The maximum atomic E-state index is 12.9. The number of hydrogen-bond acceptors (Lipinski definition) is 2. The van der Waals surface area contributed by atoms with Gasteiger partial charge >= 0.3 is 0 Å². The highest BCUT2D eigenvalue weighted by atomic mass is 35.5. The number of hydrogen-bond donors (Lipinski definition) is 0. The zero-order valence-electron chi connectivity index (χ0n) is 13.3. The van der Waals surface area contributed by atoms with Gasteiger partial charge in [0.15, 0.2) is 0 Å². The van der Waals surface area contributed by atoms with Crippen LogP contribution in [0.5, 0.6) is 0 Å². The summed E-state index contributed by atoms with van der Waals surface area (Å²) in [5.41, 5.74) is 0.846. The Morgan fingerprint density at radius 1 is 1.22 bits per heavy atom. The Labute approximate surface area is 147 Å². The first-order valence-electron chi connectivity index (χ1n) is 7.91.